The summed E-state index contributed by atoms with van der Waals surface area (Å²) in [5.41, 5.74) is 6.50. The Bertz CT molecular complexity index is 707. The Balaban J connectivity index is 1.73. The van der Waals surface area contributed by atoms with Gasteiger partial charge in [-0.2, -0.15) is 9.40 Å². The lowest BCUT2D eigenvalue weighted by Gasteiger charge is -2.34. The predicted octanol–water partition coefficient (Wildman–Crippen LogP) is -0.102. The quantitative estimate of drug-likeness (QED) is 0.819. The second kappa shape index (κ2) is 5.34. The fraction of sp³-hybridized carbons (Fsp3) is 0.333. The van der Waals surface area contributed by atoms with E-state index in [1.165, 1.54) is 16.7 Å². The van der Waals surface area contributed by atoms with Gasteiger partial charge in [0.2, 0.25) is 10.0 Å². The van der Waals surface area contributed by atoms with Crippen molar-refractivity contribution in [1.82, 2.24) is 19.5 Å². The highest BCUT2D eigenvalue weighted by molar-refractivity contribution is 7.89. The summed E-state index contributed by atoms with van der Waals surface area (Å²) in [5.74, 6) is 0.706. The van der Waals surface area contributed by atoms with E-state index >= 15 is 0 Å². The highest BCUT2D eigenvalue weighted by Crippen LogP contribution is 2.22. The number of nitrogens with zero attached hydrogens (tertiary/aromatic N) is 4. The third-order valence-corrected chi connectivity index (χ3v) is 5.33. The van der Waals surface area contributed by atoms with Gasteiger partial charge in [-0.1, -0.05) is 0 Å². The third kappa shape index (κ3) is 2.57. The van der Waals surface area contributed by atoms with Gasteiger partial charge in [0, 0.05) is 38.6 Å². The van der Waals surface area contributed by atoms with Gasteiger partial charge in [0.25, 0.3) is 0 Å². The van der Waals surface area contributed by atoms with E-state index in [1.54, 1.807) is 18.3 Å². The van der Waals surface area contributed by atoms with Crippen LogP contribution in [-0.2, 0) is 10.0 Å². The summed E-state index contributed by atoms with van der Waals surface area (Å²) in [7, 11) is -3.47. The van der Waals surface area contributed by atoms with Gasteiger partial charge in [0.05, 0.1) is 11.9 Å². The van der Waals surface area contributed by atoms with Crippen molar-refractivity contribution in [3.05, 3.63) is 30.7 Å². The average molecular weight is 308 g/mol. The van der Waals surface area contributed by atoms with Crippen LogP contribution in [0.2, 0.25) is 0 Å². The summed E-state index contributed by atoms with van der Waals surface area (Å²) in [6, 6.07) is 3.56. The molecule has 21 heavy (non-hydrogen) atoms. The zero-order valence-electron chi connectivity index (χ0n) is 11.3. The van der Waals surface area contributed by atoms with Crippen molar-refractivity contribution in [1.29, 1.82) is 0 Å². The lowest BCUT2D eigenvalue weighted by Crippen LogP contribution is -2.49. The summed E-state index contributed by atoms with van der Waals surface area (Å²) in [4.78, 5) is 6.44. The molecule has 0 radical (unpaired) electrons. The van der Waals surface area contributed by atoms with Crippen molar-refractivity contribution in [3.63, 3.8) is 0 Å². The number of nitrogens with one attached hydrogen (secondary N) is 1. The minimum absolute atomic E-state index is 0.188. The zero-order valence-corrected chi connectivity index (χ0v) is 12.1. The van der Waals surface area contributed by atoms with E-state index < -0.39 is 10.0 Å². The minimum atomic E-state index is -3.47. The van der Waals surface area contributed by atoms with Crippen LogP contribution in [-0.4, -0.2) is 54.1 Å². The van der Waals surface area contributed by atoms with Gasteiger partial charge < -0.3 is 10.6 Å². The summed E-state index contributed by atoms with van der Waals surface area (Å²) in [6.07, 6.45) is 4.39. The number of hydrogen-bond acceptors (Lipinski definition) is 6. The van der Waals surface area contributed by atoms with E-state index in [-0.39, 0.29) is 4.90 Å². The summed E-state index contributed by atoms with van der Waals surface area (Å²) in [6.45, 7) is 1.89. The molecular weight excluding hydrogens is 292 g/mol. The molecule has 9 heteroatoms. The first-order chi connectivity index (χ1) is 10.1. The number of piperazine rings is 1. The normalized spacial score (nSPS) is 17.0. The van der Waals surface area contributed by atoms with E-state index in [2.05, 4.69) is 15.2 Å². The topological polar surface area (TPSA) is 108 Å². The summed E-state index contributed by atoms with van der Waals surface area (Å²) >= 11 is 0. The number of rotatable bonds is 3. The smallest absolute Gasteiger partial charge is 0.246 e. The van der Waals surface area contributed by atoms with Crippen LogP contribution < -0.4 is 10.6 Å². The molecule has 1 fully saturated rings. The number of sulfonamides is 1. The second-order valence-corrected chi connectivity index (χ2v) is 6.68. The molecule has 2 aromatic heterocycles. The molecule has 0 amide bonds. The zero-order chi connectivity index (χ0) is 14.9. The Labute approximate surface area is 122 Å². The highest BCUT2D eigenvalue weighted by Gasteiger charge is 2.29. The van der Waals surface area contributed by atoms with Crippen LogP contribution in [0, 0.1) is 0 Å². The standard InChI is InChI=1S/C12H16N6O2S/c13-11-2-1-3-14-12(11)17-4-6-18(7-5-17)21(19,20)10-8-15-16-9-10/h1-3,8-9H,4-7,13H2,(H,15,16). The van der Waals surface area contributed by atoms with Crippen LogP contribution in [0.15, 0.2) is 35.6 Å². The molecule has 3 N–H and O–H groups in total. The van der Waals surface area contributed by atoms with Gasteiger partial charge in [-0.05, 0) is 12.1 Å². The van der Waals surface area contributed by atoms with Crippen LogP contribution in [0.1, 0.15) is 0 Å². The van der Waals surface area contributed by atoms with Crippen LogP contribution >= 0.6 is 0 Å². The van der Waals surface area contributed by atoms with Crippen molar-refractivity contribution in [3.8, 4) is 0 Å². The first kappa shape index (κ1) is 13.8. The van der Waals surface area contributed by atoms with Gasteiger partial charge in [-0.15, -0.1) is 0 Å². The summed E-state index contributed by atoms with van der Waals surface area (Å²) in [5, 5.41) is 6.21. The second-order valence-electron chi connectivity index (χ2n) is 4.74. The molecule has 0 atom stereocenters. The predicted molar refractivity (Wildman–Crippen MR) is 78.2 cm³/mol. The molecule has 8 nitrogen and oxygen atoms in total. The maximum absolute atomic E-state index is 12.4. The van der Waals surface area contributed by atoms with Gasteiger partial charge in [0.15, 0.2) is 5.82 Å². The first-order valence-electron chi connectivity index (χ1n) is 6.53. The molecule has 0 aromatic carbocycles. The third-order valence-electron chi connectivity index (χ3n) is 3.47. The number of pyridine rings is 1. The molecule has 0 unspecified atom stereocenters. The Morgan fingerprint density at radius 2 is 2.00 bits per heavy atom. The molecule has 3 heterocycles. The molecule has 0 spiro atoms. The van der Waals surface area contributed by atoms with Crippen LogP contribution in [0.25, 0.3) is 0 Å². The van der Waals surface area contributed by atoms with E-state index in [9.17, 15) is 8.42 Å². The average Bonchev–Trinajstić information content (AvgIpc) is 3.03. The van der Waals surface area contributed by atoms with Crippen molar-refractivity contribution in [2.45, 2.75) is 4.90 Å². The molecule has 2 aromatic rings. The number of aromatic amines is 1. The Kier molecular flexibility index (Phi) is 3.52. The largest absolute Gasteiger partial charge is 0.396 e. The molecule has 1 aliphatic rings. The van der Waals surface area contributed by atoms with Crippen LogP contribution in [0.3, 0.4) is 0 Å². The highest BCUT2D eigenvalue weighted by atomic mass is 32.2. The fourth-order valence-corrected chi connectivity index (χ4v) is 3.67. The number of hydrogen-bond donors (Lipinski definition) is 2. The van der Waals surface area contributed by atoms with Crippen molar-refractivity contribution in [2.24, 2.45) is 0 Å². The van der Waals surface area contributed by atoms with E-state index in [1.807, 2.05) is 4.90 Å². The fourth-order valence-electron chi connectivity index (χ4n) is 2.34. The molecule has 0 aliphatic carbocycles. The van der Waals surface area contributed by atoms with Crippen LogP contribution in [0.5, 0.6) is 0 Å². The van der Waals surface area contributed by atoms with Gasteiger partial charge in [0.1, 0.15) is 4.90 Å². The van der Waals surface area contributed by atoms with Crippen molar-refractivity contribution < 1.29 is 8.42 Å². The number of nitrogens with two attached hydrogens (primary N) is 1. The first-order valence-corrected chi connectivity index (χ1v) is 7.97. The monoisotopic (exact) mass is 308 g/mol. The number of H-pyrrole nitrogens is 1. The number of aromatic nitrogens is 3. The molecule has 1 saturated heterocycles. The Morgan fingerprint density at radius 1 is 1.24 bits per heavy atom. The van der Waals surface area contributed by atoms with Crippen LogP contribution in [0.4, 0.5) is 11.5 Å². The number of anilines is 2. The van der Waals surface area contributed by atoms with Gasteiger partial charge >= 0.3 is 0 Å². The molecular formula is C12H16N6O2S. The van der Waals surface area contributed by atoms with Gasteiger partial charge in [-0.3, -0.25) is 5.10 Å². The van der Waals surface area contributed by atoms with E-state index in [0.29, 0.717) is 37.7 Å². The molecule has 1 aliphatic heterocycles. The maximum Gasteiger partial charge on any atom is 0.246 e. The minimum Gasteiger partial charge on any atom is -0.396 e. The number of nitrogen functional groups attached to an aromatic ring is 1. The van der Waals surface area contributed by atoms with Crippen molar-refractivity contribution in [2.75, 3.05) is 36.8 Å². The lowest BCUT2D eigenvalue weighted by atomic mass is 10.3. The van der Waals surface area contributed by atoms with Gasteiger partial charge in [-0.25, -0.2) is 13.4 Å². The van der Waals surface area contributed by atoms with E-state index in [4.69, 9.17) is 5.73 Å². The molecule has 0 saturated carbocycles. The SMILES string of the molecule is Nc1cccnc1N1CCN(S(=O)(=O)c2cn[nH]c2)CC1. The Morgan fingerprint density at radius 3 is 2.62 bits per heavy atom. The molecule has 3 rings (SSSR count). The Hall–Kier alpha value is -2.13. The molecule has 112 valence electrons. The maximum atomic E-state index is 12.4. The van der Waals surface area contributed by atoms with Crippen molar-refractivity contribution >= 4 is 21.5 Å². The van der Waals surface area contributed by atoms with E-state index in [0.717, 1.165) is 0 Å². The lowest BCUT2D eigenvalue weighted by molar-refractivity contribution is 0.384. The molecule has 0 bridgehead atoms. The summed E-state index contributed by atoms with van der Waals surface area (Å²) < 4.78 is 26.2.